The number of hydrogen-bond donors (Lipinski definition) is 0. The molecule has 1 aliphatic rings. The molecular weight excluding hydrogens is 316 g/mol. The van der Waals surface area contributed by atoms with E-state index in [0.717, 1.165) is 16.9 Å². The van der Waals surface area contributed by atoms with Gasteiger partial charge in [-0.25, -0.2) is 9.59 Å². The second-order valence-corrected chi connectivity index (χ2v) is 5.60. The molecule has 0 aromatic heterocycles. The lowest BCUT2D eigenvalue weighted by molar-refractivity contribution is -0.137. The van der Waals surface area contributed by atoms with E-state index in [-0.39, 0.29) is 12.0 Å². The summed E-state index contributed by atoms with van der Waals surface area (Å²) in [6.45, 7) is 3.43. The van der Waals surface area contributed by atoms with Gasteiger partial charge >= 0.3 is 12.0 Å². The first-order valence-electron chi connectivity index (χ1n) is 8.28. The van der Waals surface area contributed by atoms with Crippen molar-refractivity contribution in [2.75, 3.05) is 29.5 Å². The van der Waals surface area contributed by atoms with Gasteiger partial charge in [0.25, 0.3) is 0 Å². The van der Waals surface area contributed by atoms with Crippen molar-refractivity contribution in [3.05, 3.63) is 66.2 Å². The van der Waals surface area contributed by atoms with Gasteiger partial charge in [0.2, 0.25) is 0 Å². The van der Waals surface area contributed by atoms with Crippen LogP contribution in [0.5, 0.6) is 0 Å². The molecule has 25 heavy (non-hydrogen) atoms. The Hall–Kier alpha value is -3.08. The highest BCUT2D eigenvalue weighted by molar-refractivity contribution is 6.06. The molecule has 3 rings (SSSR count). The van der Waals surface area contributed by atoms with Crippen molar-refractivity contribution in [3.63, 3.8) is 0 Å². The first-order valence-corrected chi connectivity index (χ1v) is 8.28. The second kappa shape index (κ2) is 7.66. The highest BCUT2D eigenvalue weighted by Crippen LogP contribution is 2.25. The lowest BCUT2D eigenvalue weighted by Gasteiger charge is -2.18. The molecule has 128 valence electrons. The zero-order valence-corrected chi connectivity index (χ0v) is 14.1. The summed E-state index contributed by atoms with van der Waals surface area (Å²) in [5.41, 5.74) is 2.63. The fourth-order valence-electron chi connectivity index (χ4n) is 2.74. The number of urea groups is 1. The number of rotatable bonds is 5. The van der Waals surface area contributed by atoms with Crippen LogP contribution in [0.1, 0.15) is 12.5 Å². The zero-order valence-electron chi connectivity index (χ0n) is 14.1. The van der Waals surface area contributed by atoms with Crippen LogP contribution in [-0.2, 0) is 9.53 Å². The SMILES string of the molecule is CCOC(=O)/C=C/c1ccc(N2CCN(c3ccccc3)C2=O)cc1. The molecule has 0 bridgehead atoms. The number of benzene rings is 2. The third kappa shape index (κ3) is 3.88. The van der Waals surface area contributed by atoms with Crippen LogP contribution in [0.2, 0.25) is 0 Å². The van der Waals surface area contributed by atoms with Crippen molar-refractivity contribution in [1.29, 1.82) is 0 Å². The summed E-state index contributed by atoms with van der Waals surface area (Å²) in [6.07, 6.45) is 3.10. The molecule has 0 N–H and O–H groups in total. The van der Waals surface area contributed by atoms with Crippen molar-refractivity contribution >= 4 is 29.5 Å². The smallest absolute Gasteiger partial charge is 0.330 e. The maximum absolute atomic E-state index is 12.7. The number of ether oxygens (including phenoxy) is 1. The summed E-state index contributed by atoms with van der Waals surface area (Å²) < 4.78 is 4.85. The Balaban J connectivity index is 1.69. The molecule has 1 fully saturated rings. The van der Waals surface area contributed by atoms with Gasteiger partial charge in [-0.2, -0.15) is 0 Å². The highest BCUT2D eigenvalue weighted by Gasteiger charge is 2.30. The Kier molecular flexibility index (Phi) is 5.14. The fourth-order valence-corrected chi connectivity index (χ4v) is 2.74. The molecule has 5 heteroatoms. The van der Waals surface area contributed by atoms with E-state index in [4.69, 9.17) is 4.74 Å². The highest BCUT2D eigenvalue weighted by atomic mass is 16.5. The average molecular weight is 336 g/mol. The normalized spacial score (nSPS) is 14.4. The van der Waals surface area contributed by atoms with Crippen LogP contribution in [0.3, 0.4) is 0 Å². The lowest BCUT2D eigenvalue weighted by atomic mass is 10.2. The van der Waals surface area contributed by atoms with Crippen molar-refractivity contribution in [2.24, 2.45) is 0 Å². The molecule has 0 saturated carbocycles. The van der Waals surface area contributed by atoms with E-state index >= 15 is 0 Å². The Labute approximate surface area is 147 Å². The Morgan fingerprint density at radius 3 is 2.20 bits per heavy atom. The number of anilines is 2. The topological polar surface area (TPSA) is 49.9 Å². The van der Waals surface area contributed by atoms with E-state index in [9.17, 15) is 9.59 Å². The minimum absolute atomic E-state index is 0.0268. The summed E-state index contributed by atoms with van der Waals surface area (Å²) >= 11 is 0. The summed E-state index contributed by atoms with van der Waals surface area (Å²) in [5.74, 6) is -0.361. The molecule has 5 nitrogen and oxygen atoms in total. The van der Waals surface area contributed by atoms with Gasteiger partial charge in [0.15, 0.2) is 0 Å². The molecule has 0 radical (unpaired) electrons. The number of hydrogen-bond acceptors (Lipinski definition) is 3. The molecule has 2 amide bonds. The predicted octanol–water partition coefficient (Wildman–Crippen LogP) is 3.71. The average Bonchev–Trinajstić information content (AvgIpc) is 3.03. The quantitative estimate of drug-likeness (QED) is 0.618. The van der Waals surface area contributed by atoms with Gasteiger partial charge in [-0.1, -0.05) is 30.3 Å². The van der Waals surface area contributed by atoms with E-state index in [1.165, 1.54) is 6.08 Å². The summed E-state index contributed by atoms with van der Waals surface area (Å²) in [4.78, 5) is 27.5. The lowest BCUT2D eigenvalue weighted by Crippen LogP contribution is -2.31. The number of carbonyl (C=O) groups excluding carboxylic acids is 2. The first kappa shape index (κ1) is 16.8. The van der Waals surface area contributed by atoms with Crippen LogP contribution < -0.4 is 9.80 Å². The Bertz CT molecular complexity index is 769. The monoisotopic (exact) mass is 336 g/mol. The van der Waals surface area contributed by atoms with E-state index in [1.807, 2.05) is 54.6 Å². The van der Waals surface area contributed by atoms with Gasteiger partial charge in [-0.3, -0.25) is 9.80 Å². The van der Waals surface area contributed by atoms with Gasteiger partial charge in [0.1, 0.15) is 0 Å². The summed E-state index contributed by atoms with van der Waals surface area (Å²) in [6, 6.07) is 17.2. The molecule has 1 saturated heterocycles. The third-order valence-electron chi connectivity index (χ3n) is 3.98. The van der Waals surface area contributed by atoms with Crippen LogP contribution in [0.4, 0.5) is 16.2 Å². The molecule has 0 aliphatic carbocycles. The van der Waals surface area contributed by atoms with Crippen molar-refractivity contribution < 1.29 is 14.3 Å². The number of amides is 2. The molecule has 1 aliphatic heterocycles. The van der Waals surface area contributed by atoms with E-state index in [1.54, 1.807) is 22.8 Å². The van der Waals surface area contributed by atoms with E-state index < -0.39 is 0 Å². The largest absolute Gasteiger partial charge is 0.463 e. The number of nitrogens with zero attached hydrogens (tertiary/aromatic N) is 2. The van der Waals surface area contributed by atoms with Crippen LogP contribution in [-0.4, -0.2) is 31.7 Å². The van der Waals surface area contributed by atoms with Crippen LogP contribution in [0.25, 0.3) is 6.08 Å². The molecule has 0 unspecified atom stereocenters. The minimum Gasteiger partial charge on any atom is -0.463 e. The van der Waals surface area contributed by atoms with Crippen LogP contribution in [0.15, 0.2) is 60.7 Å². The van der Waals surface area contributed by atoms with Gasteiger partial charge in [0.05, 0.1) is 6.61 Å². The van der Waals surface area contributed by atoms with Crippen LogP contribution in [0, 0.1) is 0 Å². The van der Waals surface area contributed by atoms with Crippen molar-refractivity contribution in [3.8, 4) is 0 Å². The number of esters is 1. The maximum atomic E-state index is 12.7. The van der Waals surface area contributed by atoms with Crippen LogP contribution >= 0.6 is 0 Å². The van der Waals surface area contributed by atoms with Crippen molar-refractivity contribution in [1.82, 2.24) is 0 Å². The fraction of sp³-hybridized carbons (Fsp3) is 0.200. The molecule has 2 aromatic rings. The molecule has 0 atom stereocenters. The van der Waals surface area contributed by atoms with Gasteiger partial charge in [-0.15, -0.1) is 0 Å². The summed E-state index contributed by atoms with van der Waals surface area (Å²) in [7, 11) is 0. The van der Waals surface area contributed by atoms with E-state index in [0.29, 0.717) is 19.7 Å². The molecule has 2 aromatic carbocycles. The number of para-hydroxylation sites is 1. The molecular formula is C20H20N2O3. The van der Waals surface area contributed by atoms with Gasteiger partial charge in [-0.05, 0) is 42.8 Å². The maximum Gasteiger partial charge on any atom is 0.330 e. The van der Waals surface area contributed by atoms with Gasteiger partial charge in [0, 0.05) is 30.5 Å². The molecule has 1 heterocycles. The minimum atomic E-state index is -0.361. The Morgan fingerprint density at radius 1 is 1.00 bits per heavy atom. The second-order valence-electron chi connectivity index (χ2n) is 5.60. The Morgan fingerprint density at radius 2 is 1.60 bits per heavy atom. The number of carbonyl (C=O) groups is 2. The van der Waals surface area contributed by atoms with E-state index in [2.05, 4.69) is 0 Å². The summed E-state index contributed by atoms with van der Waals surface area (Å²) in [5, 5.41) is 0. The van der Waals surface area contributed by atoms with Gasteiger partial charge < -0.3 is 4.74 Å². The molecule has 0 spiro atoms. The first-order chi connectivity index (χ1) is 12.2. The predicted molar refractivity (Wildman–Crippen MR) is 98.6 cm³/mol. The zero-order chi connectivity index (χ0) is 17.6. The standard InChI is InChI=1S/C20H20N2O3/c1-2-25-19(23)13-10-16-8-11-18(12-9-16)22-15-14-21(20(22)24)17-6-4-3-5-7-17/h3-13H,2,14-15H2,1H3/b13-10+. The van der Waals surface area contributed by atoms with Crippen molar-refractivity contribution in [2.45, 2.75) is 6.92 Å². The third-order valence-corrected chi connectivity index (χ3v) is 3.98.